The van der Waals surface area contributed by atoms with Gasteiger partial charge in [0.2, 0.25) is 0 Å². The van der Waals surface area contributed by atoms with Gasteiger partial charge in [-0.25, -0.2) is 9.18 Å². The van der Waals surface area contributed by atoms with Crippen molar-refractivity contribution in [3.05, 3.63) is 11.4 Å². The zero-order chi connectivity index (χ0) is 8.15. The second kappa shape index (κ2) is 4.04. The molecule has 0 fully saturated rings. The number of carboxylic acid groups (broad SMARTS) is 1. The second-order valence-electron chi connectivity index (χ2n) is 2.09. The number of rotatable bonds is 3. The Bertz CT molecular complexity index is 161. The highest BCUT2D eigenvalue weighted by molar-refractivity contribution is 5.86. The maximum Gasteiger partial charge on any atom is 0.333 e. The van der Waals surface area contributed by atoms with Crippen molar-refractivity contribution >= 4 is 5.97 Å². The van der Waals surface area contributed by atoms with Gasteiger partial charge in [0, 0.05) is 0 Å². The molecule has 10 heavy (non-hydrogen) atoms. The second-order valence-corrected chi connectivity index (χ2v) is 2.09. The van der Waals surface area contributed by atoms with Crippen LogP contribution in [0.4, 0.5) is 4.39 Å². The summed E-state index contributed by atoms with van der Waals surface area (Å²) in [7, 11) is 0. The fourth-order valence-corrected chi connectivity index (χ4v) is 0.523. The molecule has 1 N–H and O–H groups in total. The zero-order valence-corrected chi connectivity index (χ0v) is 6.15. The number of allylic oxidation sites excluding steroid dienone is 1. The molecule has 0 heterocycles. The highest BCUT2D eigenvalue weighted by Gasteiger charge is 2.06. The largest absolute Gasteiger partial charge is 0.478 e. The van der Waals surface area contributed by atoms with E-state index in [1.165, 1.54) is 6.92 Å². The van der Waals surface area contributed by atoms with Crippen LogP contribution >= 0.6 is 0 Å². The van der Waals surface area contributed by atoms with Crippen LogP contribution in [0.3, 0.4) is 0 Å². The van der Waals surface area contributed by atoms with Crippen LogP contribution in [0.1, 0.15) is 26.7 Å². The van der Waals surface area contributed by atoms with Gasteiger partial charge in [-0.15, -0.1) is 0 Å². The molecule has 0 unspecified atom stereocenters. The van der Waals surface area contributed by atoms with Gasteiger partial charge in [-0.1, -0.05) is 6.92 Å². The number of carbonyl (C=O) groups is 1. The molecule has 0 atom stereocenters. The summed E-state index contributed by atoms with van der Waals surface area (Å²) in [4.78, 5) is 10.1. The number of hydrogen-bond acceptors (Lipinski definition) is 1. The smallest absolute Gasteiger partial charge is 0.333 e. The van der Waals surface area contributed by atoms with E-state index in [-0.39, 0.29) is 12.0 Å². The van der Waals surface area contributed by atoms with Gasteiger partial charge in [-0.3, -0.25) is 0 Å². The lowest BCUT2D eigenvalue weighted by molar-refractivity contribution is -0.132. The first kappa shape index (κ1) is 9.14. The molecule has 0 radical (unpaired) electrons. The lowest BCUT2D eigenvalue weighted by atomic mass is 10.2. The zero-order valence-electron chi connectivity index (χ0n) is 6.15. The van der Waals surface area contributed by atoms with Crippen molar-refractivity contribution < 1.29 is 14.3 Å². The van der Waals surface area contributed by atoms with Gasteiger partial charge in [0.1, 0.15) is 5.83 Å². The molecule has 0 bridgehead atoms. The predicted octanol–water partition coefficient (Wildman–Crippen LogP) is 2.11. The average molecular weight is 146 g/mol. The van der Waals surface area contributed by atoms with E-state index < -0.39 is 11.8 Å². The molecule has 0 aromatic carbocycles. The van der Waals surface area contributed by atoms with Crippen LogP contribution < -0.4 is 0 Å². The number of halogens is 1. The van der Waals surface area contributed by atoms with Crippen molar-refractivity contribution in [3.8, 4) is 0 Å². The summed E-state index contributed by atoms with van der Waals surface area (Å²) in [5.41, 5.74) is -0.179. The van der Waals surface area contributed by atoms with Crippen LogP contribution in [-0.4, -0.2) is 11.1 Å². The Labute approximate surface area is 59.4 Å². The van der Waals surface area contributed by atoms with E-state index in [4.69, 9.17) is 5.11 Å². The van der Waals surface area contributed by atoms with Crippen molar-refractivity contribution in [1.82, 2.24) is 0 Å². The Kier molecular flexibility index (Phi) is 3.69. The molecule has 0 amide bonds. The molecule has 0 saturated carbocycles. The minimum absolute atomic E-state index is 0.179. The molecule has 2 nitrogen and oxygen atoms in total. The topological polar surface area (TPSA) is 37.3 Å². The minimum Gasteiger partial charge on any atom is -0.478 e. The van der Waals surface area contributed by atoms with Crippen LogP contribution in [0.25, 0.3) is 0 Å². The molecule has 3 heteroatoms. The van der Waals surface area contributed by atoms with Gasteiger partial charge in [-0.2, -0.15) is 0 Å². The summed E-state index contributed by atoms with van der Waals surface area (Å²) < 4.78 is 12.5. The summed E-state index contributed by atoms with van der Waals surface area (Å²) in [5.74, 6) is -1.69. The van der Waals surface area contributed by atoms with Crippen LogP contribution in [0.15, 0.2) is 11.4 Å². The molecule has 0 aliphatic heterocycles. The molecular formula is C7H11FO2. The molecule has 0 saturated heterocycles. The standard InChI is InChI=1S/C7H11FO2/c1-3-4-6(8)5(2)7(9)10/h3-4H2,1-2H3,(H,9,10)/b6-5+. The van der Waals surface area contributed by atoms with Crippen molar-refractivity contribution in [2.24, 2.45) is 0 Å². The molecular weight excluding hydrogens is 135 g/mol. The maximum atomic E-state index is 12.5. The Balaban J connectivity index is 4.19. The van der Waals surface area contributed by atoms with E-state index in [1.807, 2.05) is 0 Å². The van der Waals surface area contributed by atoms with Gasteiger partial charge in [0.15, 0.2) is 0 Å². The van der Waals surface area contributed by atoms with Crippen molar-refractivity contribution in [1.29, 1.82) is 0 Å². The first-order valence-corrected chi connectivity index (χ1v) is 3.18. The molecule has 0 spiro atoms. The predicted molar refractivity (Wildman–Crippen MR) is 36.4 cm³/mol. The molecule has 58 valence electrons. The molecule has 0 aliphatic carbocycles. The fourth-order valence-electron chi connectivity index (χ4n) is 0.523. The van der Waals surface area contributed by atoms with Crippen molar-refractivity contribution in [2.75, 3.05) is 0 Å². The lowest BCUT2D eigenvalue weighted by Gasteiger charge is -1.95. The third-order valence-corrected chi connectivity index (χ3v) is 1.20. The van der Waals surface area contributed by atoms with Gasteiger partial charge < -0.3 is 5.11 Å². The van der Waals surface area contributed by atoms with Gasteiger partial charge in [0.05, 0.1) is 5.57 Å². The van der Waals surface area contributed by atoms with Gasteiger partial charge in [-0.05, 0) is 19.8 Å². The summed E-state index contributed by atoms with van der Waals surface area (Å²) in [6.07, 6.45) is 0.856. The molecule has 0 rings (SSSR count). The van der Waals surface area contributed by atoms with Crippen LogP contribution in [-0.2, 0) is 4.79 Å². The Morgan fingerprint density at radius 3 is 2.40 bits per heavy atom. The summed E-state index contributed by atoms with van der Waals surface area (Å²) in [6, 6.07) is 0. The average Bonchev–Trinajstić information content (AvgIpc) is 1.87. The number of carboxylic acids is 1. The van der Waals surface area contributed by atoms with Crippen LogP contribution in [0.2, 0.25) is 0 Å². The Morgan fingerprint density at radius 1 is 1.60 bits per heavy atom. The van der Waals surface area contributed by atoms with Gasteiger partial charge in [0.25, 0.3) is 0 Å². The van der Waals surface area contributed by atoms with Crippen LogP contribution in [0.5, 0.6) is 0 Å². The van der Waals surface area contributed by atoms with Crippen LogP contribution in [0, 0.1) is 0 Å². The molecule has 0 aromatic heterocycles. The summed E-state index contributed by atoms with van der Waals surface area (Å²) in [5, 5.41) is 8.28. The first-order chi connectivity index (χ1) is 4.59. The minimum atomic E-state index is -1.18. The monoisotopic (exact) mass is 146 g/mol. The van der Waals surface area contributed by atoms with Crippen molar-refractivity contribution in [2.45, 2.75) is 26.7 Å². The summed E-state index contributed by atoms with van der Waals surface area (Å²) >= 11 is 0. The Hall–Kier alpha value is -0.860. The normalized spacial score (nSPS) is 12.7. The number of hydrogen-bond donors (Lipinski definition) is 1. The maximum absolute atomic E-state index is 12.5. The highest BCUT2D eigenvalue weighted by atomic mass is 19.1. The molecule has 0 aliphatic rings. The SMILES string of the molecule is CCC/C(F)=C(/C)C(=O)O. The number of aliphatic carboxylic acids is 1. The van der Waals surface area contributed by atoms with E-state index >= 15 is 0 Å². The first-order valence-electron chi connectivity index (χ1n) is 3.18. The third kappa shape index (κ3) is 2.62. The highest BCUT2D eigenvalue weighted by Crippen LogP contribution is 2.11. The van der Waals surface area contributed by atoms with Gasteiger partial charge >= 0.3 is 5.97 Å². The summed E-state index contributed by atoms with van der Waals surface area (Å²) in [6.45, 7) is 3.07. The molecule has 0 aromatic rings. The Morgan fingerprint density at radius 2 is 2.10 bits per heavy atom. The van der Waals surface area contributed by atoms with E-state index in [2.05, 4.69) is 0 Å². The third-order valence-electron chi connectivity index (χ3n) is 1.20. The fraction of sp³-hybridized carbons (Fsp3) is 0.571. The lowest BCUT2D eigenvalue weighted by Crippen LogP contribution is -1.98. The van der Waals surface area contributed by atoms with E-state index in [9.17, 15) is 9.18 Å². The quantitative estimate of drug-likeness (QED) is 0.619. The van der Waals surface area contributed by atoms with Crippen molar-refractivity contribution in [3.63, 3.8) is 0 Å². The van der Waals surface area contributed by atoms with E-state index in [0.29, 0.717) is 6.42 Å². The van der Waals surface area contributed by atoms with E-state index in [0.717, 1.165) is 0 Å². The van der Waals surface area contributed by atoms with E-state index in [1.54, 1.807) is 6.92 Å².